The molecule has 0 heterocycles. The van der Waals surface area contributed by atoms with Crippen molar-refractivity contribution < 1.29 is 10.2 Å². The summed E-state index contributed by atoms with van der Waals surface area (Å²) >= 11 is 0. The highest BCUT2D eigenvalue weighted by molar-refractivity contribution is 4.84. The zero-order chi connectivity index (χ0) is 8.91. The minimum atomic E-state index is -0.922. The van der Waals surface area contributed by atoms with Crippen LogP contribution >= 0.6 is 0 Å². The van der Waals surface area contributed by atoms with Crippen LogP contribution in [-0.4, -0.2) is 22.4 Å². The molecule has 0 aliphatic heterocycles. The van der Waals surface area contributed by atoms with Gasteiger partial charge in [0.25, 0.3) is 0 Å². The summed E-state index contributed by atoms with van der Waals surface area (Å²) in [5.41, 5.74) is -0.922. The van der Waals surface area contributed by atoms with Crippen LogP contribution in [0.2, 0.25) is 0 Å². The van der Waals surface area contributed by atoms with Crippen LogP contribution in [0.15, 0.2) is 12.7 Å². The molecule has 0 aromatic rings. The highest BCUT2D eigenvalue weighted by Crippen LogP contribution is 2.21. The molecular weight excluding hydrogens is 140 g/mol. The topological polar surface area (TPSA) is 40.5 Å². The Kier molecular flexibility index (Phi) is 4.38. The fraction of sp³-hybridized carbons (Fsp3) is 0.778. The molecule has 0 amide bonds. The SMILES string of the molecule is C=CCC[C@](O)(CO)C(C)C. The highest BCUT2D eigenvalue weighted by Gasteiger charge is 2.28. The third-order valence-corrected chi connectivity index (χ3v) is 2.13. The Morgan fingerprint density at radius 1 is 1.55 bits per heavy atom. The number of allylic oxidation sites excluding steroid dienone is 1. The molecule has 1 atom stereocenters. The lowest BCUT2D eigenvalue weighted by molar-refractivity contribution is -0.0565. The van der Waals surface area contributed by atoms with Crippen LogP contribution in [0.1, 0.15) is 26.7 Å². The van der Waals surface area contributed by atoms with E-state index in [1.807, 2.05) is 13.8 Å². The summed E-state index contributed by atoms with van der Waals surface area (Å²) in [6.07, 6.45) is 3.09. The first-order valence-corrected chi connectivity index (χ1v) is 4.01. The predicted octanol–water partition coefficient (Wildman–Crippen LogP) is 1.33. The standard InChI is InChI=1S/C9H18O2/c1-4-5-6-9(11,7-10)8(2)3/h4,8,10-11H,1,5-7H2,2-3H3/t9-/m0/s1. The number of hydrogen-bond acceptors (Lipinski definition) is 2. The van der Waals surface area contributed by atoms with Gasteiger partial charge in [0.1, 0.15) is 0 Å². The van der Waals surface area contributed by atoms with Crippen molar-refractivity contribution in [2.75, 3.05) is 6.61 Å². The molecule has 0 fully saturated rings. The molecular formula is C9H18O2. The predicted molar refractivity (Wildman–Crippen MR) is 46.3 cm³/mol. The molecule has 0 bridgehead atoms. The first-order chi connectivity index (χ1) is 5.06. The Bertz CT molecular complexity index is 121. The zero-order valence-electron chi connectivity index (χ0n) is 7.38. The van der Waals surface area contributed by atoms with Crippen LogP contribution in [0.4, 0.5) is 0 Å². The minimum Gasteiger partial charge on any atom is -0.393 e. The van der Waals surface area contributed by atoms with Crippen molar-refractivity contribution in [1.29, 1.82) is 0 Å². The first kappa shape index (κ1) is 10.7. The molecule has 0 aliphatic carbocycles. The molecule has 0 aromatic heterocycles. The largest absolute Gasteiger partial charge is 0.393 e. The molecule has 2 N–H and O–H groups in total. The average molecular weight is 158 g/mol. The van der Waals surface area contributed by atoms with Crippen molar-refractivity contribution in [2.24, 2.45) is 5.92 Å². The highest BCUT2D eigenvalue weighted by atomic mass is 16.3. The van der Waals surface area contributed by atoms with Crippen LogP contribution in [0.3, 0.4) is 0 Å². The van der Waals surface area contributed by atoms with Crippen LogP contribution in [-0.2, 0) is 0 Å². The minimum absolute atomic E-state index is 0.0902. The van der Waals surface area contributed by atoms with E-state index in [4.69, 9.17) is 5.11 Å². The third-order valence-electron chi connectivity index (χ3n) is 2.13. The Morgan fingerprint density at radius 2 is 2.09 bits per heavy atom. The molecule has 0 aliphatic rings. The summed E-state index contributed by atoms with van der Waals surface area (Å²) in [5, 5.41) is 18.6. The lowest BCUT2D eigenvalue weighted by atomic mass is 9.87. The number of aliphatic hydroxyl groups excluding tert-OH is 1. The number of aliphatic hydroxyl groups is 2. The Morgan fingerprint density at radius 3 is 2.36 bits per heavy atom. The first-order valence-electron chi connectivity index (χ1n) is 4.01. The van der Waals surface area contributed by atoms with Gasteiger partial charge in [0.2, 0.25) is 0 Å². The Labute approximate surface area is 68.6 Å². The molecule has 66 valence electrons. The van der Waals surface area contributed by atoms with E-state index in [9.17, 15) is 5.11 Å². The van der Waals surface area contributed by atoms with Gasteiger partial charge in [-0.15, -0.1) is 6.58 Å². The summed E-state index contributed by atoms with van der Waals surface area (Å²) < 4.78 is 0. The van der Waals surface area contributed by atoms with E-state index in [0.29, 0.717) is 6.42 Å². The molecule has 2 heteroatoms. The van der Waals surface area contributed by atoms with Crippen molar-refractivity contribution in [2.45, 2.75) is 32.3 Å². The van der Waals surface area contributed by atoms with Gasteiger partial charge in [0.05, 0.1) is 12.2 Å². The maximum Gasteiger partial charge on any atom is 0.0903 e. The normalized spacial score (nSPS) is 16.5. The van der Waals surface area contributed by atoms with E-state index in [1.165, 1.54) is 0 Å². The second-order valence-electron chi connectivity index (χ2n) is 3.24. The fourth-order valence-electron chi connectivity index (χ4n) is 0.902. The van der Waals surface area contributed by atoms with Crippen LogP contribution in [0.25, 0.3) is 0 Å². The van der Waals surface area contributed by atoms with Gasteiger partial charge in [-0.1, -0.05) is 19.9 Å². The maximum absolute atomic E-state index is 9.73. The molecule has 0 aromatic carbocycles. The Balaban J connectivity index is 3.98. The molecule has 0 saturated carbocycles. The smallest absolute Gasteiger partial charge is 0.0903 e. The van der Waals surface area contributed by atoms with E-state index < -0.39 is 5.60 Å². The number of hydrogen-bond donors (Lipinski definition) is 2. The van der Waals surface area contributed by atoms with Gasteiger partial charge < -0.3 is 10.2 Å². The molecule has 0 saturated heterocycles. The molecule has 2 nitrogen and oxygen atoms in total. The van der Waals surface area contributed by atoms with E-state index in [1.54, 1.807) is 6.08 Å². The van der Waals surface area contributed by atoms with Gasteiger partial charge in [-0.05, 0) is 18.8 Å². The van der Waals surface area contributed by atoms with Crippen molar-refractivity contribution in [3.05, 3.63) is 12.7 Å². The van der Waals surface area contributed by atoms with Crippen LogP contribution < -0.4 is 0 Å². The monoisotopic (exact) mass is 158 g/mol. The maximum atomic E-state index is 9.73. The van der Waals surface area contributed by atoms with E-state index in [-0.39, 0.29) is 12.5 Å². The van der Waals surface area contributed by atoms with Gasteiger partial charge in [-0.3, -0.25) is 0 Å². The summed E-state index contributed by atoms with van der Waals surface area (Å²) in [6, 6.07) is 0. The molecule has 0 unspecified atom stereocenters. The lowest BCUT2D eigenvalue weighted by Gasteiger charge is -2.29. The third kappa shape index (κ3) is 3.04. The quantitative estimate of drug-likeness (QED) is 0.593. The molecule has 0 rings (SSSR count). The lowest BCUT2D eigenvalue weighted by Crippen LogP contribution is -2.38. The molecule has 0 spiro atoms. The second-order valence-corrected chi connectivity index (χ2v) is 3.24. The summed E-state index contributed by atoms with van der Waals surface area (Å²) in [4.78, 5) is 0. The van der Waals surface area contributed by atoms with E-state index in [2.05, 4.69) is 6.58 Å². The summed E-state index contributed by atoms with van der Waals surface area (Å²) in [6.45, 7) is 7.20. The van der Waals surface area contributed by atoms with Crippen molar-refractivity contribution in [3.63, 3.8) is 0 Å². The van der Waals surface area contributed by atoms with Crippen LogP contribution in [0, 0.1) is 5.92 Å². The summed E-state index contributed by atoms with van der Waals surface area (Å²) in [7, 11) is 0. The van der Waals surface area contributed by atoms with Crippen LogP contribution in [0.5, 0.6) is 0 Å². The van der Waals surface area contributed by atoms with Gasteiger partial charge in [0.15, 0.2) is 0 Å². The summed E-state index contributed by atoms with van der Waals surface area (Å²) in [5.74, 6) is 0.0902. The van der Waals surface area contributed by atoms with E-state index >= 15 is 0 Å². The second kappa shape index (κ2) is 4.52. The van der Waals surface area contributed by atoms with Gasteiger partial charge in [-0.25, -0.2) is 0 Å². The van der Waals surface area contributed by atoms with E-state index in [0.717, 1.165) is 6.42 Å². The zero-order valence-corrected chi connectivity index (χ0v) is 7.38. The fourth-order valence-corrected chi connectivity index (χ4v) is 0.902. The van der Waals surface area contributed by atoms with Crippen molar-refractivity contribution >= 4 is 0 Å². The van der Waals surface area contributed by atoms with Crippen molar-refractivity contribution in [3.8, 4) is 0 Å². The van der Waals surface area contributed by atoms with Gasteiger partial charge in [-0.2, -0.15) is 0 Å². The molecule has 0 radical (unpaired) electrons. The molecule has 11 heavy (non-hydrogen) atoms. The number of rotatable bonds is 5. The van der Waals surface area contributed by atoms with Crippen molar-refractivity contribution in [1.82, 2.24) is 0 Å². The Hall–Kier alpha value is -0.340. The van der Waals surface area contributed by atoms with Gasteiger partial charge in [0, 0.05) is 0 Å². The van der Waals surface area contributed by atoms with Gasteiger partial charge >= 0.3 is 0 Å². The average Bonchev–Trinajstić information content (AvgIpc) is 2.00.